The Balaban J connectivity index is 1.64. The average molecular weight is 329 g/mol. The number of ether oxygens (including phenoxy) is 1. The number of benzene rings is 1. The Morgan fingerprint density at radius 3 is 2.78 bits per heavy atom. The number of hydrogen-bond acceptors (Lipinski definition) is 5. The van der Waals surface area contributed by atoms with E-state index in [4.69, 9.17) is 9.84 Å². The normalized spacial score (nSPS) is 10.7. The number of aryl methyl sites for hydroxylation is 1. The molecule has 0 saturated heterocycles. The highest BCUT2D eigenvalue weighted by atomic mass is 32.1. The molecule has 0 aliphatic rings. The van der Waals surface area contributed by atoms with Crippen molar-refractivity contribution < 1.29 is 14.6 Å². The topological polar surface area (TPSA) is 77.2 Å². The minimum absolute atomic E-state index is 0.252. The third kappa shape index (κ3) is 3.57. The summed E-state index contributed by atoms with van der Waals surface area (Å²) in [6.07, 6.45) is 1.83. The van der Waals surface area contributed by atoms with Gasteiger partial charge in [0.05, 0.1) is 12.2 Å². The molecule has 0 fully saturated rings. The molecular formula is C16H15N3O3S. The van der Waals surface area contributed by atoms with Crippen molar-refractivity contribution in [3.8, 4) is 16.5 Å². The smallest absolute Gasteiger partial charge is 0.347 e. The monoisotopic (exact) mass is 329 g/mol. The lowest BCUT2D eigenvalue weighted by atomic mass is 10.3. The molecule has 0 aliphatic carbocycles. The average Bonchev–Trinajstić information content (AvgIpc) is 3.15. The number of carboxylic acid groups (broad SMARTS) is 1. The van der Waals surface area contributed by atoms with Crippen LogP contribution in [0.5, 0.6) is 5.75 Å². The molecule has 1 N–H and O–H groups in total. The van der Waals surface area contributed by atoms with Gasteiger partial charge in [0.25, 0.3) is 0 Å². The minimum Gasteiger partial charge on any atom is -0.492 e. The van der Waals surface area contributed by atoms with E-state index in [2.05, 4.69) is 10.1 Å². The highest BCUT2D eigenvalue weighted by Crippen LogP contribution is 2.26. The molecule has 0 unspecified atom stereocenters. The molecule has 3 aromatic rings. The highest BCUT2D eigenvalue weighted by Gasteiger charge is 2.16. The number of rotatable bonds is 6. The third-order valence-electron chi connectivity index (χ3n) is 3.18. The molecule has 0 radical (unpaired) electrons. The Hall–Kier alpha value is -2.67. The van der Waals surface area contributed by atoms with Crippen LogP contribution in [0, 0.1) is 6.92 Å². The Morgan fingerprint density at radius 2 is 2.09 bits per heavy atom. The summed E-state index contributed by atoms with van der Waals surface area (Å²) in [6, 6.07) is 11.4. The summed E-state index contributed by atoms with van der Waals surface area (Å²) < 4.78 is 7.39. The summed E-state index contributed by atoms with van der Waals surface area (Å²) in [5, 5.41) is 14.1. The molecule has 2 aromatic heterocycles. The Kier molecular flexibility index (Phi) is 4.38. The van der Waals surface area contributed by atoms with E-state index in [-0.39, 0.29) is 4.88 Å². The van der Waals surface area contributed by atoms with Crippen molar-refractivity contribution in [3.05, 3.63) is 53.2 Å². The first-order chi connectivity index (χ1) is 11.1. The van der Waals surface area contributed by atoms with E-state index in [1.54, 1.807) is 11.6 Å². The van der Waals surface area contributed by atoms with Crippen molar-refractivity contribution in [2.45, 2.75) is 13.5 Å². The van der Waals surface area contributed by atoms with Gasteiger partial charge in [-0.15, -0.1) is 11.3 Å². The maximum atomic E-state index is 11.1. The van der Waals surface area contributed by atoms with Crippen LogP contribution in [0.25, 0.3) is 10.7 Å². The molecule has 118 valence electrons. The zero-order valence-corrected chi connectivity index (χ0v) is 13.3. The summed E-state index contributed by atoms with van der Waals surface area (Å²) in [6.45, 7) is 2.79. The molecule has 7 heteroatoms. The molecule has 0 saturated carbocycles. The van der Waals surface area contributed by atoms with Crippen molar-refractivity contribution in [1.29, 1.82) is 0 Å². The van der Waals surface area contributed by atoms with E-state index in [1.807, 2.05) is 42.6 Å². The first-order valence-electron chi connectivity index (χ1n) is 7.06. The summed E-state index contributed by atoms with van der Waals surface area (Å²) in [4.78, 5) is 15.6. The van der Waals surface area contributed by atoms with Crippen LogP contribution in [-0.2, 0) is 6.54 Å². The maximum Gasteiger partial charge on any atom is 0.347 e. The highest BCUT2D eigenvalue weighted by molar-refractivity contribution is 7.17. The minimum atomic E-state index is -0.957. The van der Waals surface area contributed by atoms with E-state index in [0.717, 1.165) is 17.1 Å². The fourth-order valence-electron chi connectivity index (χ4n) is 2.08. The fraction of sp³-hybridized carbons (Fsp3) is 0.188. The van der Waals surface area contributed by atoms with Crippen LogP contribution < -0.4 is 4.74 Å². The second-order valence-corrected chi connectivity index (χ2v) is 5.86. The van der Waals surface area contributed by atoms with Crippen LogP contribution in [0.2, 0.25) is 0 Å². The number of nitrogens with zero attached hydrogens (tertiary/aromatic N) is 3. The Bertz CT molecular complexity index is 811. The van der Waals surface area contributed by atoms with Gasteiger partial charge in [-0.3, -0.25) is 4.68 Å². The number of aromatic nitrogens is 3. The van der Waals surface area contributed by atoms with Crippen LogP contribution >= 0.6 is 11.3 Å². The lowest BCUT2D eigenvalue weighted by Gasteiger charge is -2.05. The van der Waals surface area contributed by atoms with Gasteiger partial charge in [0.1, 0.15) is 27.9 Å². The summed E-state index contributed by atoms with van der Waals surface area (Å²) in [5.74, 6) is -0.136. The first kappa shape index (κ1) is 15.2. The van der Waals surface area contributed by atoms with Crippen molar-refractivity contribution >= 4 is 17.3 Å². The van der Waals surface area contributed by atoms with E-state index < -0.39 is 5.97 Å². The Labute approximate surface area is 137 Å². The van der Waals surface area contributed by atoms with Gasteiger partial charge in [0.15, 0.2) is 0 Å². The molecular weight excluding hydrogens is 314 g/mol. The van der Waals surface area contributed by atoms with Crippen molar-refractivity contribution in [2.24, 2.45) is 0 Å². The molecule has 2 heterocycles. The maximum absolute atomic E-state index is 11.1. The third-order valence-corrected chi connectivity index (χ3v) is 4.35. The lowest BCUT2D eigenvalue weighted by Crippen LogP contribution is -2.08. The van der Waals surface area contributed by atoms with Crippen LogP contribution in [0.4, 0.5) is 0 Å². The van der Waals surface area contributed by atoms with Gasteiger partial charge in [-0.25, -0.2) is 9.78 Å². The Morgan fingerprint density at radius 1 is 1.30 bits per heavy atom. The number of aromatic carboxylic acids is 1. The van der Waals surface area contributed by atoms with Crippen LogP contribution in [-0.4, -0.2) is 32.4 Å². The fourth-order valence-corrected chi connectivity index (χ4v) is 2.95. The number of carboxylic acids is 1. The van der Waals surface area contributed by atoms with Gasteiger partial charge < -0.3 is 9.84 Å². The van der Waals surface area contributed by atoms with Crippen LogP contribution in [0.3, 0.4) is 0 Å². The molecule has 0 amide bonds. The second kappa shape index (κ2) is 6.62. The van der Waals surface area contributed by atoms with Crippen molar-refractivity contribution in [2.75, 3.05) is 6.61 Å². The molecule has 0 aliphatic heterocycles. The van der Waals surface area contributed by atoms with Gasteiger partial charge in [-0.1, -0.05) is 18.2 Å². The van der Waals surface area contributed by atoms with Gasteiger partial charge in [0, 0.05) is 6.20 Å². The molecule has 3 rings (SSSR count). The second-order valence-electron chi connectivity index (χ2n) is 4.86. The number of thiazole rings is 1. The van der Waals surface area contributed by atoms with Gasteiger partial charge in [-0.2, -0.15) is 5.10 Å². The largest absolute Gasteiger partial charge is 0.492 e. The van der Waals surface area contributed by atoms with Crippen molar-refractivity contribution in [1.82, 2.24) is 14.8 Å². The molecule has 0 spiro atoms. The number of hydrogen-bond donors (Lipinski definition) is 1. The molecule has 1 aromatic carbocycles. The van der Waals surface area contributed by atoms with E-state index in [9.17, 15) is 4.79 Å². The molecule has 0 bridgehead atoms. The molecule has 6 nitrogen and oxygen atoms in total. The number of para-hydroxylation sites is 1. The number of carbonyl (C=O) groups is 1. The van der Waals surface area contributed by atoms with Gasteiger partial charge in [-0.05, 0) is 25.1 Å². The SMILES string of the molecule is Cc1nc(-c2ccn(CCOc3ccccc3)n2)sc1C(=O)O. The summed E-state index contributed by atoms with van der Waals surface area (Å²) in [5.41, 5.74) is 1.18. The van der Waals surface area contributed by atoms with Crippen molar-refractivity contribution in [3.63, 3.8) is 0 Å². The van der Waals surface area contributed by atoms with Crippen LogP contribution in [0.1, 0.15) is 15.4 Å². The molecule has 23 heavy (non-hydrogen) atoms. The summed E-state index contributed by atoms with van der Waals surface area (Å²) >= 11 is 1.14. The lowest BCUT2D eigenvalue weighted by molar-refractivity contribution is 0.0701. The van der Waals surface area contributed by atoms with Gasteiger partial charge in [0.2, 0.25) is 0 Å². The first-order valence-corrected chi connectivity index (χ1v) is 7.87. The standard InChI is InChI=1S/C16H15N3O3S/c1-11-14(16(20)21)23-15(17-11)13-7-8-19(18-13)9-10-22-12-5-3-2-4-6-12/h2-8H,9-10H2,1H3,(H,20,21). The van der Waals surface area contributed by atoms with E-state index in [0.29, 0.717) is 29.5 Å². The molecule has 0 atom stereocenters. The zero-order chi connectivity index (χ0) is 16.2. The quantitative estimate of drug-likeness (QED) is 0.752. The van der Waals surface area contributed by atoms with E-state index in [1.165, 1.54) is 0 Å². The van der Waals surface area contributed by atoms with E-state index >= 15 is 0 Å². The zero-order valence-electron chi connectivity index (χ0n) is 12.5. The van der Waals surface area contributed by atoms with Gasteiger partial charge >= 0.3 is 5.97 Å². The predicted octanol–water partition coefficient (Wildman–Crippen LogP) is 3.09. The summed E-state index contributed by atoms with van der Waals surface area (Å²) in [7, 11) is 0. The van der Waals surface area contributed by atoms with Crippen LogP contribution in [0.15, 0.2) is 42.6 Å². The predicted molar refractivity (Wildman–Crippen MR) is 87.0 cm³/mol.